The number of carbonyl (C=O) groups is 1. The first-order chi connectivity index (χ1) is 10.3. The minimum absolute atomic E-state index is 0.233. The second kappa shape index (κ2) is 4.91. The van der Waals surface area contributed by atoms with Crippen LogP contribution in [0.25, 0.3) is 10.7 Å². The van der Waals surface area contributed by atoms with E-state index in [1.807, 2.05) is 23.6 Å². The molecular formula is C16H17N3OS. The van der Waals surface area contributed by atoms with Crippen LogP contribution < -0.4 is 0 Å². The summed E-state index contributed by atoms with van der Waals surface area (Å²) in [6.45, 7) is 0.927. The van der Waals surface area contributed by atoms with Gasteiger partial charge in [-0.2, -0.15) is 0 Å². The van der Waals surface area contributed by atoms with Gasteiger partial charge in [0.15, 0.2) is 0 Å². The summed E-state index contributed by atoms with van der Waals surface area (Å²) < 4.78 is 0. The van der Waals surface area contributed by atoms with Crippen molar-refractivity contribution >= 4 is 17.2 Å². The van der Waals surface area contributed by atoms with Crippen LogP contribution in [0.2, 0.25) is 0 Å². The third-order valence-electron chi connectivity index (χ3n) is 4.73. The van der Waals surface area contributed by atoms with Gasteiger partial charge in [0.05, 0.1) is 17.8 Å². The van der Waals surface area contributed by atoms with E-state index in [9.17, 15) is 4.79 Å². The summed E-state index contributed by atoms with van der Waals surface area (Å²) in [7, 11) is 0. The number of aromatic nitrogens is 2. The highest BCUT2D eigenvalue weighted by Crippen LogP contribution is 2.47. The maximum Gasteiger partial charge on any atom is 0.229 e. The molecule has 108 valence electrons. The highest BCUT2D eigenvalue weighted by Gasteiger charge is 2.50. The monoisotopic (exact) mass is 299 g/mol. The molecule has 0 unspecified atom stereocenters. The third kappa shape index (κ3) is 2.16. The summed E-state index contributed by atoms with van der Waals surface area (Å²) in [5.41, 5.74) is 1.98. The Balaban J connectivity index is 1.46. The van der Waals surface area contributed by atoms with Gasteiger partial charge in [-0.05, 0) is 37.8 Å². The Labute approximate surface area is 127 Å². The summed E-state index contributed by atoms with van der Waals surface area (Å²) in [5, 5.41) is 2.87. The fourth-order valence-electron chi connectivity index (χ4n) is 3.28. The molecule has 0 radical (unpaired) electrons. The average Bonchev–Trinajstić information content (AvgIpc) is 2.85. The molecule has 2 fully saturated rings. The SMILES string of the molecule is O=C(Cc1csc(-c2ccccn2)n1)N1CCC12CCC2. The van der Waals surface area contributed by atoms with Crippen molar-refractivity contribution in [3.8, 4) is 10.7 Å². The number of hydrogen-bond acceptors (Lipinski definition) is 4. The maximum atomic E-state index is 12.4. The first-order valence-electron chi connectivity index (χ1n) is 7.43. The molecule has 1 spiro atoms. The van der Waals surface area contributed by atoms with Crippen molar-refractivity contribution in [2.45, 2.75) is 37.6 Å². The Bertz CT molecular complexity index is 658. The molecule has 3 heterocycles. The highest BCUT2D eigenvalue weighted by atomic mass is 32.1. The summed E-state index contributed by atoms with van der Waals surface area (Å²) in [5.74, 6) is 0.235. The van der Waals surface area contributed by atoms with Gasteiger partial charge < -0.3 is 4.90 Å². The van der Waals surface area contributed by atoms with Gasteiger partial charge in [-0.15, -0.1) is 11.3 Å². The molecule has 0 aromatic carbocycles. The molecule has 0 atom stereocenters. The van der Waals surface area contributed by atoms with Gasteiger partial charge in [0.1, 0.15) is 5.01 Å². The molecule has 0 N–H and O–H groups in total. The van der Waals surface area contributed by atoms with Crippen LogP contribution in [-0.4, -0.2) is 32.9 Å². The van der Waals surface area contributed by atoms with Gasteiger partial charge in [-0.25, -0.2) is 4.98 Å². The smallest absolute Gasteiger partial charge is 0.229 e. The fraction of sp³-hybridized carbons (Fsp3) is 0.438. The van der Waals surface area contributed by atoms with Crippen LogP contribution in [0.1, 0.15) is 31.4 Å². The van der Waals surface area contributed by atoms with Crippen LogP contribution in [0.3, 0.4) is 0 Å². The van der Waals surface area contributed by atoms with Crippen LogP contribution >= 0.6 is 11.3 Å². The van der Waals surface area contributed by atoms with Gasteiger partial charge in [0.25, 0.3) is 0 Å². The zero-order chi connectivity index (χ0) is 14.3. The lowest BCUT2D eigenvalue weighted by Gasteiger charge is -2.58. The zero-order valence-electron chi connectivity index (χ0n) is 11.8. The lowest BCUT2D eigenvalue weighted by atomic mass is 9.67. The largest absolute Gasteiger partial charge is 0.337 e. The number of nitrogens with zero attached hydrogens (tertiary/aromatic N) is 3. The Morgan fingerprint density at radius 1 is 1.33 bits per heavy atom. The van der Waals surface area contributed by atoms with Gasteiger partial charge >= 0.3 is 0 Å². The van der Waals surface area contributed by atoms with Crippen molar-refractivity contribution in [2.75, 3.05) is 6.54 Å². The first kappa shape index (κ1) is 13.0. The zero-order valence-corrected chi connectivity index (χ0v) is 12.6. The molecule has 4 nitrogen and oxygen atoms in total. The van der Waals surface area contributed by atoms with Crippen LogP contribution in [0.15, 0.2) is 29.8 Å². The molecule has 1 aliphatic carbocycles. The number of likely N-dealkylation sites (tertiary alicyclic amines) is 1. The number of hydrogen-bond donors (Lipinski definition) is 0. The molecule has 2 aromatic heterocycles. The molecule has 1 amide bonds. The number of thiazole rings is 1. The van der Waals surface area contributed by atoms with Crippen LogP contribution in [0.4, 0.5) is 0 Å². The van der Waals surface area contributed by atoms with Gasteiger partial charge in [-0.1, -0.05) is 6.07 Å². The van der Waals surface area contributed by atoms with Crippen molar-refractivity contribution < 1.29 is 4.79 Å². The van der Waals surface area contributed by atoms with E-state index in [1.54, 1.807) is 17.5 Å². The number of rotatable bonds is 3. The standard InChI is InChI=1S/C16H17N3OS/c20-14(19-9-7-16(19)5-3-6-16)10-12-11-21-15(18-12)13-4-1-2-8-17-13/h1-2,4,8,11H,3,5-7,9-10H2. The van der Waals surface area contributed by atoms with Crippen molar-refractivity contribution in [2.24, 2.45) is 0 Å². The summed E-state index contributed by atoms with van der Waals surface area (Å²) in [6, 6.07) is 5.79. The second-order valence-corrected chi connectivity index (χ2v) is 6.77. The third-order valence-corrected chi connectivity index (χ3v) is 5.64. The van der Waals surface area contributed by atoms with Crippen molar-refractivity contribution in [3.63, 3.8) is 0 Å². The van der Waals surface area contributed by atoms with E-state index in [4.69, 9.17) is 0 Å². The van der Waals surface area contributed by atoms with E-state index >= 15 is 0 Å². The molecular weight excluding hydrogens is 282 g/mol. The molecule has 2 aromatic rings. The fourth-order valence-corrected chi connectivity index (χ4v) is 4.07. The predicted molar refractivity (Wildman–Crippen MR) is 82.0 cm³/mol. The highest BCUT2D eigenvalue weighted by molar-refractivity contribution is 7.13. The lowest BCUT2D eigenvalue weighted by Crippen LogP contribution is -2.65. The van der Waals surface area contributed by atoms with Crippen molar-refractivity contribution in [1.29, 1.82) is 0 Å². The average molecular weight is 299 g/mol. The first-order valence-corrected chi connectivity index (χ1v) is 8.31. The van der Waals surface area contributed by atoms with Crippen LogP contribution in [0, 0.1) is 0 Å². The Morgan fingerprint density at radius 3 is 2.86 bits per heavy atom. The molecule has 4 rings (SSSR count). The summed E-state index contributed by atoms with van der Waals surface area (Å²) in [6.07, 6.45) is 7.02. The quantitative estimate of drug-likeness (QED) is 0.875. The molecule has 1 saturated heterocycles. The molecule has 0 bridgehead atoms. The topological polar surface area (TPSA) is 46.1 Å². The van der Waals surface area contributed by atoms with E-state index in [0.717, 1.165) is 22.9 Å². The Hall–Kier alpha value is -1.75. The lowest BCUT2D eigenvalue weighted by molar-refractivity contribution is -0.155. The van der Waals surface area contributed by atoms with E-state index in [2.05, 4.69) is 14.9 Å². The molecule has 1 saturated carbocycles. The Morgan fingerprint density at radius 2 is 2.24 bits per heavy atom. The number of amides is 1. The molecule has 21 heavy (non-hydrogen) atoms. The Kier molecular flexibility index (Phi) is 3.03. The molecule has 2 aliphatic rings. The second-order valence-electron chi connectivity index (χ2n) is 5.91. The number of carbonyl (C=O) groups excluding carboxylic acids is 1. The van der Waals surface area contributed by atoms with Crippen LogP contribution in [0.5, 0.6) is 0 Å². The van der Waals surface area contributed by atoms with Crippen molar-refractivity contribution in [1.82, 2.24) is 14.9 Å². The molecule has 5 heteroatoms. The van der Waals surface area contributed by atoms with E-state index in [1.165, 1.54) is 25.7 Å². The van der Waals surface area contributed by atoms with Gasteiger partial charge in [-0.3, -0.25) is 9.78 Å². The minimum Gasteiger partial charge on any atom is -0.337 e. The predicted octanol–water partition coefficient (Wildman–Crippen LogP) is 2.90. The summed E-state index contributed by atoms with van der Waals surface area (Å²) >= 11 is 1.56. The van der Waals surface area contributed by atoms with Gasteiger partial charge in [0, 0.05) is 23.7 Å². The van der Waals surface area contributed by atoms with E-state index in [0.29, 0.717) is 6.42 Å². The summed E-state index contributed by atoms with van der Waals surface area (Å²) in [4.78, 5) is 23.4. The van der Waals surface area contributed by atoms with Crippen molar-refractivity contribution in [3.05, 3.63) is 35.5 Å². The number of pyridine rings is 1. The molecule has 1 aliphatic heterocycles. The van der Waals surface area contributed by atoms with E-state index in [-0.39, 0.29) is 11.4 Å². The minimum atomic E-state index is 0.233. The van der Waals surface area contributed by atoms with Crippen LogP contribution in [-0.2, 0) is 11.2 Å². The maximum absolute atomic E-state index is 12.4. The normalized spacial score (nSPS) is 19.1. The van der Waals surface area contributed by atoms with Gasteiger partial charge in [0.2, 0.25) is 5.91 Å². The van der Waals surface area contributed by atoms with E-state index < -0.39 is 0 Å².